The van der Waals surface area contributed by atoms with Gasteiger partial charge in [0, 0.05) is 18.2 Å². The summed E-state index contributed by atoms with van der Waals surface area (Å²) >= 11 is 0. The number of nitrogens with one attached hydrogen (secondary N) is 2. The van der Waals surface area contributed by atoms with E-state index in [1.165, 1.54) is 35.1 Å². The largest absolute Gasteiger partial charge is 0.310 e. The lowest BCUT2D eigenvalue weighted by Crippen LogP contribution is -2.20. The van der Waals surface area contributed by atoms with Crippen molar-refractivity contribution in [2.75, 3.05) is 5.32 Å². The van der Waals surface area contributed by atoms with Crippen LogP contribution in [0.1, 0.15) is 11.3 Å². The molecule has 0 aliphatic rings. The number of hydrogen-bond acceptors (Lipinski definition) is 7. The van der Waals surface area contributed by atoms with E-state index in [9.17, 15) is 19.7 Å². The molecule has 0 saturated heterocycles. The first-order chi connectivity index (χ1) is 16.9. The van der Waals surface area contributed by atoms with Crippen LogP contribution in [0.2, 0.25) is 0 Å². The topological polar surface area (TPSA) is 154 Å². The highest BCUT2D eigenvalue weighted by atomic mass is 16.6. The number of rotatable bonds is 6. The number of anilines is 1. The minimum absolute atomic E-state index is 0.00795. The van der Waals surface area contributed by atoms with Gasteiger partial charge in [0.1, 0.15) is 11.2 Å². The molecule has 0 unspecified atom stereocenters. The number of aryl methyl sites for hydroxylation is 1. The number of nitrogens with zero attached hydrogens (tertiary/aromatic N) is 6. The maximum atomic E-state index is 12.7. The summed E-state index contributed by atoms with van der Waals surface area (Å²) in [5.74, 6) is 0.0550. The number of para-hydroxylation sites is 1. The zero-order chi connectivity index (χ0) is 24.5. The second-order valence-corrected chi connectivity index (χ2v) is 7.75. The first kappa shape index (κ1) is 21.7. The van der Waals surface area contributed by atoms with Gasteiger partial charge >= 0.3 is 0 Å². The molecule has 12 nitrogen and oxygen atoms in total. The molecule has 2 aromatic carbocycles. The summed E-state index contributed by atoms with van der Waals surface area (Å²) < 4.78 is 2.89. The van der Waals surface area contributed by atoms with Crippen molar-refractivity contribution >= 4 is 28.4 Å². The van der Waals surface area contributed by atoms with E-state index >= 15 is 0 Å². The summed E-state index contributed by atoms with van der Waals surface area (Å²) in [6, 6.07) is 16.7. The molecular weight excluding hydrogens is 452 g/mol. The molecule has 3 aromatic heterocycles. The summed E-state index contributed by atoms with van der Waals surface area (Å²) in [5.41, 5.74) is 1.82. The fourth-order valence-corrected chi connectivity index (χ4v) is 3.62. The molecule has 0 bridgehead atoms. The minimum atomic E-state index is -0.500. The lowest BCUT2D eigenvalue weighted by molar-refractivity contribution is -0.384. The number of aromatic nitrogens is 6. The van der Waals surface area contributed by atoms with Crippen molar-refractivity contribution < 1.29 is 9.72 Å². The van der Waals surface area contributed by atoms with Crippen molar-refractivity contribution in [1.29, 1.82) is 0 Å². The number of carbonyl (C=O) groups is 1. The number of fused-ring (bicyclic) bond motifs is 1. The van der Waals surface area contributed by atoms with Gasteiger partial charge in [-0.2, -0.15) is 19.9 Å². The fourth-order valence-electron chi connectivity index (χ4n) is 3.62. The van der Waals surface area contributed by atoms with Gasteiger partial charge in [0.15, 0.2) is 5.65 Å². The predicted octanol–water partition coefficient (Wildman–Crippen LogP) is 2.69. The van der Waals surface area contributed by atoms with E-state index in [-0.39, 0.29) is 24.0 Å². The monoisotopic (exact) mass is 470 g/mol. The molecule has 0 aliphatic heterocycles. The van der Waals surface area contributed by atoms with Crippen molar-refractivity contribution in [3.8, 4) is 11.6 Å². The zero-order valence-corrected chi connectivity index (χ0v) is 18.4. The standard InChI is InChI=1S/C23H18N8O4/c1-14-11-19(25-20(32)12-15-7-9-17(10-8-15)31(34)35)30(28-14)23-26-21-18(22(33)27-23)13-24-29(21)16-5-3-2-4-6-16/h2-11,13H,12H2,1H3,(H,25,32)(H,26,27,33). The third kappa shape index (κ3) is 4.27. The Morgan fingerprint density at radius 1 is 1.11 bits per heavy atom. The minimum Gasteiger partial charge on any atom is -0.310 e. The van der Waals surface area contributed by atoms with Crippen LogP contribution in [-0.4, -0.2) is 40.4 Å². The third-order valence-corrected chi connectivity index (χ3v) is 5.24. The molecule has 2 N–H and O–H groups in total. The van der Waals surface area contributed by atoms with Crippen LogP contribution in [0.4, 0.5) is 11.5 Å². The van der Waals surface area contributed by atoms with Gasteiger partial charge < -0.3 is 5.32 Å². The number of benzene rings is 2. The van der Waals surface area contributed by atoms with E-state index in [1.54, 1.807) is 17.7 Å². The maximum Gasteiger partial charge on any atom is 0.269 e. The van der Waals surface area contributed by atoms with Gasteiger partial charge in [0.25, 0.3) is 11.2 Å². The van der Waals surface area contributed by atoms with E-state index in [0.29, 0.717) is 28.1 Å². The second kappa shape index (κ2) is 8.67. The summed E-state index contributed by atoms with van der Waals surface area (Å²) in [7, 11) is 0. The average molecular weight is 470 g/mol. The summed E-state index contributed by atoms with van der Waals surface area (Å²) in [6.07, 6.45) is 1.44. The SMILES string of the molecule is Cc1cc(NC(=O)Cc2ccc([N+](=O)[O-])cc2)n(-c2nc3c(cnn3-c3ccccc3)c(=O)[nH]2)n1. The van der Waals surface area contributed by atoms with Gasteiger partial charge in [-0.15, -0.1) is 0 Å². The number of nitro benzene ring substituents is 1. The van der Waals surface area contributed by atoms with Crippen molar-refractivity contribution in [3.63, 3.8) is 0 Å². The smallest absolute Gasteiger partial charge is 0.269 e. The number of hydrogen-bond donors (Lipinski definition) is 2. The Morgan fingerprint density at radius 3 is 2.57 bits per heavy atom. The molecule has 3 heterocycles. The van der Waals surface area contributed by atoms with Gasteiger partial charge in [0.2, 0.25) is 11.9 Å². The zero-order valence-electron chi connectivity index (χ0n) is 18.4. The van der Waals surface area contributed by atoms with Crippen LogP contribution < -0.4 is 10.9 Å². The molecule has 0 aliphatic carbocycles. The number of non-ortho nitro benzene ring substituents is 1. The molecule has 12 heteroatoms. The van der Waals surface area contributed by atoms with Crippen LogP contribution in [0.25, 0.3) is 22.7 Å². The number of H-pyrrole nitrogens is 1. The Balaban J connectivity index is 1.46. The van der Waals surface area contributed by atoms with Gasteiger partial charge in [-0.1, -0.05) is 30.3 Å². The Hall–Kier alpha value is -5.13. The molecular formula is C23H18N8O4. The average Bonchev–Trinajstić information content (AvgIpc) is 3.43. The van der Waals surface area contributed by atoms with E-state index in [4.69, 9.17) is 0 Å². The van der Waals surface area contributed by atoms with Gasteiger partial charge in [-0.3, -0.25) is 24.7 Å². The van der Waals surface area contributed by atoms with Crippen LogP contribution in [0.5, 0.6) is 0 Å². The summed E-state index contributed by atoms with van der Waals surface area (Å²) in [5, 5.41) is 22.6. The molecule has 1 amide bonds. The third-order valence-electron chi connectivity index (χ3n) is 5.24. The van der Waals surface area contributed by atoms with Crippen molar-refractivity contribution in [3.05, 3.63) is 98.6 Å². The molecule has 0 spiro atoms. The summed E-state index contributed by atoms with van der Waals surface area (Å²) in [4.78, 5) is 43.0. The Bertz CT molecular complexity index is 1620. The number of nitro groups is 1. The maximum absolute atomic E-state index is 12.7. The molecule has 5 aromatic rings. The Kier molecular flexibility index (Phi) is 5.37. The van der Waals surface area contributed by atoms with Crippen LogP contribution in [0, 0.1) is 17.0 Å². The first-order valence-corrected chi connectivity index (χ1v) is 10.5. The van der Waals surface area contributed by atoms with Crippen LogP contribution in [0.3, 0.4) is 0 Å². The number of aromatic amines is 1. The van der Waals surface area contributed by atoms with Crippen molar-refractivity contribution in [2.45, 2.75) is 13.3 Å². The van der Waals surface area contributed by atoms with Gasteiger partial charge in [0.05, 0.1) is 28.9 Å². The highest BCUT2D eigenvalue weighted by Gasteiger charge is 2.17. The lowest BCUT2D eigenvalue weighted by atomic mass is 10.1. The van der Waals surface area contributed by atoms with E-state index in [1.807, 2.05) is 30.3 Å². The number of amides is 1. The van der Waals surface area contributed by atoms with E-state index in [2.05, 4.69) is 25.5 Å². The Labute approximate surface area is 197 Å². The van der Waals surface area contributed by atoms with Crippen LogP contribution in [0.15, 0.2) is 71.7 Å². The molecule has 174 valence electrons. The van der Waals surface area contributed by atoms with E-state index in [0.717, 1.165) is 5.69 Å². The van der Waals surface area contributed by atoms with Crippen LogP contribution >= 0.6 is 0 Å². The second-order valence-electron chi connectivity index (χ2n) is 7.75. The Morgan fingerprint density at radius 2 is 1.86 bits per heavy atom. The normalized spacial score (nSPS) is 11.0. The molecule has 5 rings (SSSR count). The highest BCUT2D eigenvalue weighted by molar-refractivity contribution is 5.91. The first-order valence-electron chi connectivity index (χ1n) is 10.5. The van der Waals surface area contributed by atoms with Crippen molar-refractivity contribution in [1.82, 2.24) is 29.5 Å². The van der Waals surface area contributed by atoms with Gasteiger partial charge in [-0.25, -0.2) is 4.68 Å². The molecule has 0 atom stereocenters. The molecule has 0 radical (unpaired) electrons. The molecule has 0 saturated carbocycles. The van der Waals surface area contributed by atoms with Crippen LogP contribution in [-0.2, 0) is 11.2 Å². The van der Waals surface area contributed by atoms with E-state index < -0.39 is 10.5 Å². The summed E-state index contributed by atoms with van der Waals surface area (Å²) in [6.45, 7) is 1.74. The number of carbonyl (C=O) groups excluding carboxylic acids is 1. The molecule has 35 heavy (non-hydrogen) atoms. The molecule has 0 fully saturated rings. The fraction of sp³-hybridized carbons (Fsp3) is 0.0870. The highest BCUT2D eigenvalue weighted by Crippen LogP contribution is 2.19. The van der Waals surface area contributed by atoms with Gasteiger partial charge in [-0.05, 0) is 24.6 Å². The quantitative estimate of drug-likeness (QED) is 0.286. The predicted molar refractivity (Wildman–Crippen MR) is 127 cm³/mol. The lowest BCUT2D eigenvalue weighted by Gasteiger charge is -2.09. The van der Waals surface area contributed by atoms with Crippen molar-refractivity contribution in [2.24, 2.45) is 0 Å².